The Kier molecular flexibility index (Phi) is 28.9. The second kappa shape index (κ2) is 27.4. The maximum atomic E-state index is 10.2. The van der Waals surface area contributed by atoms with E-state index in [1.807, 2.05) is 0 Å². The van der Waals surface area contributed by atoms with Crippen LogP contribution in [0.15, 0.2) is 0 Å². The molecule has 0 aliphatic rings. The van der Waals surface area contributed by atoms with Gasteiger partial charge < -0.3 is 14.9 Å². The molecule has 174 valence electrons. The molecule has 0 atom stereocenters. The summed E-state index contributed by atoms with van der Waals surface area (Å²) >= 11 is 3.41. The third-order valence-electron chi connectivity index (χ3n) is 4.76. The maximum absolute atomic E-state index is 10.2. The Morgan fingerprint density at radius 3 is 1.21 bits per heavy atom. The molecule has 0 saturated carbocycles. The molecule has 0 aromatic carbocycles. The predicted octanol–water partition coefficient (Wildman–Crippen LogP) is 7.21. The van der Waals surface area contributed by atoms with Crippen LogP contribution >= 0.6 is 15.9 Å². The molecule has 0 bridgehead atoms. The van der Waals surface area contributed by atoms with Gasteiger partial charge in [-0.1, -0.05) is 93.0 Å². The normalized spacial score (nSPS) is 10.4. The molecule has 0 aliphatic heterocycles. The summed E-state index contributed by atoms with van der Waals surface area (Å²) in [5.74, 6) is -1.34. The highest BCUT2D eigenvalue weighted by molar-refractivity contribution is 9.09. The minimum Gasteiger partial charge on any atom is -0.481 e. The zero-order chi connectivity index (χ0) is 22.0. The van der Waals surface area contributed by atoms with E-state index in [9.17, 15) is 9.59 Å². The smallest absolute Gasteiger partial charge is 0.303 e. The Labute approximate surface area is 187 Å². The van der Waals surface area contributed by atoms with Crippen LogP contribution in [-0.2, 0) is 14.3 Å². The molecule has 0 saturated heterocycles. The fourth-order valence-electron chi connectivity index (χ4n) is 3.01. The predicted molar refractivity (Wildman–Crippen MR) is 124 cm³/mol. The first-order valence-electron chi connectivity index (χ1n) is 11.5. The lowest BCUT2D eigenvalue weighted by Gasteiger charge is -2.01. The average Bonchev–Trinajstić information content (AvgIpc) is 2.68. The van der Waals surface area contributed by atoms with Crippen LogP contribution in [0.25, 0.3) is 0 Å². The number of hydrogen-bond donors (Lipinski definition) is 2. The number of halogens is 1. The Morgan fingerprint density at radius 1 is 0.586 bits per heavy atom. The van der Waals surface area contributed by atoms with Gasteiger partial charge in [0, 0.05) is 31.9 Å². The Hall–Kier alpha value is -0.620. The molecule has 29 heavy (non-hydrogen) atoms. The SMILES string of the molecule is COCCCCCCCCCCC(=O)O.O=C(O)CCCCCCCCCCBr. The quantitative estimate of drug-likeness (QED) is 0.134. The summed E-state index contributed by atoms with van der Waals surface area (Å²) in [5.41, 5.74) is 0. The molecule has 2 N–H and O–H groups in total. The third kappa shape index (κ3) is 35.2. The van der Waals surface area contributed by atoms with Crippen molar-refractivity contribution in [1.82, 2.24) is 0 Å². The summed E-state index contributed by atoms with van der Waals surface area (Å²) in [5, 5.41) is 18.0. The van der Waals surface area contributed by atoms with E-state index in [2.05, 4.69) is 15.9 Å². The molecular formula is C23H45BrO5. The second-order valence-corrected chi connectivity index (χ2v) is 8.42. The molecule has 0 aliphatic carbocycles. The van der Waals surface area contributed by atoms with E-state index in [-0.39, 0.29) is 0 Å². The van der Waals surface area contributed by atoms with Gasteiger partial charge in [-0.25, -0.2) is 0 Å². The summed E-state index contributed by atoms with van der Waals surface area (Å²) in [4.78, 5) is 20.4. The molecule has 6 heteroatoms. The van der Waals surface area contributed by atoms with Gasteiger partial charge in [-0.15, -0.1) is 0 Å². The molecule has 0 rings (SSSR count). The lowest BCUT2D eigenvalue weighted by Crippen LogP contribution is -1.93. The zero-order valence-electron chi connectivity index (χ0n) is 18.6. The van der Waals surface area contributed by atoms with E-state index >= 15 is 0 Å². The highest BCUT2D eigenvalue weighted by Gasteiger charge is 1.97. The van der Waals surface area contributed by atoms with Crippen LogP contribution in [0.5, 0.6) is 0 Å². The van der Waals surface area contributed by atoms with Gasteiger partial charge in [0.15, 0.2) is 0 Å². The number of rotatable bonds is 21. The summed E-state index contributed by atoms with van der Waals surface area (Å²) in [6, 6.07) is 0. The molecule has 0 amide bonds. The minimum absolute atomic E-state index is 0.327. The van der Waals surface area contributed by atoms with Crippen LogP contribution in [0, 0.1) is 0 Å². The Balaban J connectivity index is 0. The lowest BCUT2D eigenvalue weighted by molar-refractivity contribution is -0.138. The maximum Gasteiger partial charge on any atom is 0.303 e. The van der Waals surface area contributed by atoms with Crippen LogP contribution < -0.4 is 0 Å². The van der Waals surface area contributed by atoms with Crippen molar-refractivity contribution < 1.29 is 24.5 Å². The monoisotopic (exact) mass is 480 g/mol. The van der Waals surface area contributed by atoms with Crippen molar-refractivity contribution in [2.75, 3.05) is 19.0 Å². The Bertz CT molecular complexity index is 350. The van der Waals surface area contributed by atoms with Crippen molar-refractivity contribution in [3.63, 3.8) is 0 Å². The van der Waals surface area contributed by atoms with Crippen LogP contribution in [0.2, 0.25) is 0 Å². The number of carboxylic acids is 2. The number of hydrogen-bond acceptors (Lipinski definition) is 3. The van der Waals surface area contributed by atoms with E-state index in [1.54, 1.807) is 7.11 Å². The number of aliphatic carboxylic acids is 2. The van der Waals surface area contributed by atoms with Gasteiger partial charge in [0.1, 0.15) is 0 Å². The molecule has 5 nitrogen and oxygen atoms in total. The van der Waals surface area contributed by atoms with Crippen LogP contribution in [0.1, 0.15) is 116 Å². The molecule has 0 unspecified atom stereocenters. The third-order valence-corrected chi connectivity index (χ3v) is 5.32. The lowest BCUT2D eigenvalue weighted by atomic mass is 10.1. The fourth-order valence-corrected chi connectivity index (χ4v) is 3.41. The Morgan fingerprint density at radius 2 is 0.897 bits per heavy atom. The van der Waals surface area contributed by atoms with Crippen LogP contribution in [-0.4, -0.2) is 41.2 Å². The molecule has 0 aromatic heterocycles. The van der Waals surface area contributed by atoms with Crippen molar-refractivity contribution in [2.24, 2.45) is 0 Å². The standard InChI is InChI=1S/C12H24O3.C11H21BrO2/c1-15-11-9-7-5-3-2-4-6-8-10-12(13)14;12-10-8-6-4-2-1-3-5-7-9-11(13)14/h2-11H2,1H3,(H,13,14);1-10H2,(H,13,14). The van der Waals surface area contributed by atoms with Crippen molar-refractivity contribution in [2.45, 2.75) is 116 Å². The number of ether oxygens (including phenoxy) is 1. The van der Waals surface area contributed by atoms with E-state index in [0.717, 1.165) is 44.0 Å². The van der Waals surface area contributed by atoms with Gasteiger partial charge >= 0.3 is 11.9 Å². The van der Waals surface area contributed by atoms with Gasteiger partial charge in [-0.2, -0.15) is 0 Å². The van der Waals surface area contributed by atoms with Gasteiger partial charge in [-0.3, -0.25) is 9.59 Å². The highest BCUT2D eigenvalue weighted by atomic mass is 79.9. The number of carboxylic acid groups (broad SMARTS) is 2. The van der Waals surface area contributed by atoms with Crippen LogP contribution in [0.3, 0.4) is 0 Å². The number of carbonyl (C=O) groups is 2. The summed E-state index contributed by atoms with van der Waals surface area (Å²) < 4.78 is 4.97. The second-order valence-electron chi connectivity index (χ2n) is 7.63. The zero-order valence-corrected chi connectivity index (χ0v) is 20.2. The molecule has 0 aromatic rings. The summed E-state index contributed by atoms with van der Waals surface area (Å²) in [7, 11) is 1.74. The minimum atomic E-state index is -0.672. The van der Waals surface area contributed by atoms with E-state index in [0.29, 0.717) is 12.8 Å². The first-order valence-corrected chi connectivity index (χ1v) is 12.6. The van der Waals surface area contributed by atoms with E-state index < -0.39 is 11.9 Å². The van der Waals surface area contributed by atoms with Crippen molar-refractivity contribution >= 4 is 27.9 Å². The van der Waals surface area contributed by atoms with Crippen LogP contribution in [0.4, 0.5) is 0 Å². The first kappa shape index (κ1) is 30.6. The van der Waals surface area contributed by atoms with E-state index in [1.165, 1.54) is 70.6 Å². The highest BCUT2D eigenvalue weighted by Crippen LogP contribution is 2.10. The van der Waals surface area contributed by atoms with Crippen molar-refractivity contribution in [3.05, 3.63) is 0 Å². The van der Waals surface area contributed by atoms with Crippen molar-refractivity contribution in [3.8, 4) is 0 Å². The summed E-state index contributed by atoms with van der Waals surface area (Å²) in [6.45, 7) is 0.874. The van der Waals surface area contributed by atoms with Gasteiger partial charge in [0.2, 0.25) is 0 Å². The molecule has 0 radical (unpaired) electrons. The number of methoxy groups -OCH3 is 1. The van der Waals surface area contributed by atoms with Gasteiger partial charge in [-0.05, 0) is 25.7 Å². The van der Waals surface area contributed by atoms with E-state index in [4.69, 9.17) is 14.9 Å². The molecule has 0 spiro atoms. The molecule has 0 fully saturated rings. The van der Waals surface area contributed by atoms with Crippen molar-refractivity contribution in [1.29, 1.82) is 0 Å². The number of alkyl halides is 1. The summed E-state index contributed by atoms with van der Waals surface area (Å²) in [6.07, 6.45) is 19.6. The molecule has 0 heterocycles. The number of unbranched alkanes of at least 4 members (excludes halogenated alkanes) is 14. The average molecular weight is 482 g/mol. The first-order chi connectivity index (χ1) is 14.0. The van der Waals surface area contributed by atoms with Gasteiger partial charge in [0.25, 0.3) is 0 Å². The largest absolute Gasteiger partial charge is 0.481 e. The fraction of sp³-hybridized carbons (Fsp3) is 0.913. The van der Waals surface area contributed by atoms with Gasteiger partial charge in [0.05, 0.1) is 0 Å². The topological polar surface area (TPSA) is 83.8 Å². The molecular weight excluding hydrogens is 436 g/mol.